The van der Waals surface area contributed by atoms with Crippen LogP contribution in [0.1, 0.15) is 25.3 Å². The number of nitrogens with zero attached hydrogens (tertiary/aromatic N) is 1. The van der Waals surface area contributed by atoms with Gasteiger partial charge in [-0.2, -0.15) is 5.26 Å². The first-order chi connectivity index (χ1) is 7.69. The fourth-order valence-electron chi connectivity index (χ4n) is 1.87. The van der Waals surface area contributed by atoms with E-state index in [1.165, 1.54) is 25.0 Å². The second kappa shape index (κ2) is 4.52. The Kier molecular flexibility index (Phi) is 3.09. The topological polar surface area (TPSA) is 35.8 Å². The molecule has 16 heavy (non-hydrogen) atoms. The highest BCUT2D eigenvalue weighted by Gasteiger charge is 2.27. The molecule has 1 saturated carbocycles. The van der Waals surface area contributed by atoms with Gasteiger partial charge in [0.2, 0.25) is 0 Å². The Morgan fingerprint density at radius 1 is 1.50 bits per heavy atom. The summed E-state index contributed by atoms with van der Waals surface area (Å²) in [7, 11) is 0. The van der Waals surface area contributed by atoms with E-state index in [1.54, 1.807) is 6.07 Å². The fraction of sp³-hybridized carbons (Fsp3) is 0.462. The van der Waals surface area contributed by atoms with Gasteiger partial charge in [0, 0.05) is 12.2 Å². The summed E-state index contributed by atoms with van der Waals surface area (Å²) in [6, 6.07) is 6.31. The Hall–Kier alpha value is -1.56. The highest BCUT2D eigenvalue weighted by atomic mass is 19.1. The largest absolute Gasteiger partial charge is 0.385 e. The molecular weight excluding hydrogens is 203 g/mol. The second-order valence-electron chi connectivity index (χ2n) is 4.54. The molecule has 2 rings (SSSR count). The predicted molar refractivity (Wildman–Crippen MR) is 61.5 cm³/mol. The van der Waals surface area contributed by atoms with Crippen molar-refractivity contribution >= 4 is 5.69 Å². The number of hydrogen-bond donors (Lipinski definition) is 1. The van der Waals surface area contributed by atoms with Crippen LogP contribution in [0.4, 0.5) is 10.1 Å². The summed E-state index contributed by atoms with van der Waals surface area (Å²) in [5.41, 5.74) is 1.06. The number of halogens is 1. The molecule has 84 valence electrons. The zero-order valence-electron chi connectivity index (χ0n) is 9.33. The predicted octanol–water partition coefficient (Wildman–Crippen LogP) is 3.16. The van der Waals surface area contributed by atoms with E-state index in [9.17, 15) is 4.39 Å². The lowest BCUT2D eigenvalue weighted by atomic mass is 10.1. The number of anilines is 1. The molecule has 1 aromatic rings. The maximum absolute atomic E-state index is 13.1. The Morgan fingerprint density at radius 3 is 2.88 bits per heavy atom. The molecule has 0 heterocycles. The van der Waals surface area contributed by atoms with Crippen molar-refractivity contribution < 1.29 is 4.39 Å². The van der Waals surface area contributed by atoms with Crippen molar-refractivity contribution in [2.75, 3.05) is 11.9 Å². The first kappa shape index (κ1) is 10.9. The zero-order chi connectivity index (χ0) is 11.5. The molecule has 3 heteroatoms. The van der Waals surface area contributed by atoms with Crippen LogP contribution in [0.5, 0.6) is 0 Å². The monoisotopic (exact) mass is 218 g/mol. The minimum Gasteiger partial charge on any atom is -0.385 e. The highest BCUT2D eigenvalue weighted by molar-refractivity contribution is 5.49. The summed E-state index contributed by atoms with van der Waals surface area (Å²) in [4.78, 5) is 0. The molecule has 1 fully saturated rings. The maximum Gasteiger partial charge on any atom is 0.126 e. The van der Waals surface area contributed by atoms with Gasteiger partial charge in [-0.05, 0) is 42.9 Å². The van der Waals surface area contributed by atoms with Crippen molar-refractivity contribution in [2.24, 2.45) is 11.8 Å². The molecule has 1 N–H and O–H groups in total. The summed E-state index contributed by atoms with van der Waals surface area (Å²) in [6.07, 6.45) is 2.63. The molecule has 0 aromatic heterocycles. The van der Waals surface area contributed by atoms with Gasteiger partial charge in [0.05, 0.1) is 11.6 Å². The van der Waals surface area contributed by atoms with Gasteiger partial charge in [-0.15, -0.1) is 0 Å². The summed E-state index contributed by atoms with van der Waals surface area (Å²) in [5, 5.41) is 11.9. The summed E-state index contributed by atoms with van der Waals surface area (Å²) in [5.74, 6) is 1.09. The minimum atomic E-state index is -0.361. The smallest absolute Gasteiger partial charge is 0.126 e. The molecule has 0 spiro atoms. The van der Waals surface area contributed by atoms with E-state index in [0.717, 1.165) is 12.5 Å². The van der Waals surface area contributed by atoms with Crippen LogP contribution >= 0.6 is 0 Å². The van der Waals surface area contributed by atoms with Crippen molar-refractivity contribution in [1.82, 2.24) is 0 Å². The lowest BCUT2D eigenvalue weighted by Crippen LogP contribution is -2.13. The van der Waals surface area contributed by atoms with Gasteiger partial charge in [-0.1, -0.05) is 6.92 Å². The minimum absolute atomic E-state index is 0.361. The van der Waals surface area contributed by atoms with Crippen LogP contribution in [0.25, 0.3) is 0 Å². The average molecular weight is 218 g/mol. The van der Waals surface area contributed by atoms with Crippen LogP contribution in [0, 0.1) is 29.0 Å². The van der Waals surface area contributed by atoms with E-state index in [1.807, 2.05) is 6.07 Å². The molecule has 1 aromatic carbocycles. The van der Waals surface area contributed by atoms with Crippen LogP contribution in [-0.4, -0.2) is 6.54 Å². The number of nitriles is 1. The van der Waals surface area contributed by atoms with Crippen molar-refractivity contribution in [2.45, 2.75) is 19.8 Å². The lowest BCUT2D eigenvalue weighted by molar-refractivity contribution is 0.536. The first-order valence-electron chi connectivity index (χ1n) is 5.63. The third kappa shape index (κ3) is 2.73. The first-order valence-corrected chi connectivity index (χ1v) is 5.63. The molecule has 0 bridgehead atoms. The molecule has 1 aliphatic carbocycles. The van der Waals surface area contributed by atoms with E-state index in [0.29, 0.717) is 17.2 Å². The summed E-state index contributed by atoms with van der Waals surface area (Å²) in [6.45, 7) is 3.05. The Bertz CT molecular complexity index is 418. The molecular formula is C13H15FN2. The Balaban J connectivity index is 1.98. The summed E-state index contributed by atoms with van der Waals surface area (Å²) < 4.78 is 13.1. The van der Waals surface area contributed by atoms with E-state index < -0.39 is 0 Å². The van der Waals surface area contributed by atoms with Crippen LogP contribution in [0.3, 0.4) is 0 Å². The van der Waals surface area contributed by atoms with Gasteiger partial charge < -0.3 is 5.32 Å². The van der Waals surface area contributed by atoms with Crippen molar-refractivity contribution in [3.63, 3.8) is 0 Å². The summed E-state index contributed by atoms with van der Waals surface area (Å²) >= 11 is 0. The molecule has 2 nitrogen and oxygen atoms in total. The van der Waals surface area contributed by atoms with Crippen LogP contribution in [-0.2, 0) is 0 Å². The molecule has 1 atom stereocenters. The van der Waals surface area contributed by atoms with Gasteiger partial charge in [-0.3, -0.25) is 0 Å². The normalized spacial score (nSPS) is 16.6. The van der Waals surface area contributed by atoms with E-state index in [-0.39, 0.29) is 5.82 Å². The average Bonchev–Trinajstić information content (AvgIpc) is 3.08. The molecule has 0 radical (unpaired) electrons. The molecule has 1 unspecified atom stereocenters. The molecule has 0 aliphatic heterocycles. The standard InChI is InChI=1S/C13H15FN2/c1-9(11-2-3-11)8-16-13-5-10(7-15)4-12(14)6-13/h4-6,9,11,16H,2-3,8H2,1H3. The molecule has 0 amide bonds. The number of rotatable bonds is 4. The van der Waals surface area contributed by atoms with Crippen LogP contribution in [0.15, 0.2) is 18.2 Å². The number of nitrogens with one attached hydrogen (secondary N) is 1. The molecule has 0 saturated heterocycles. The number of hydrogen-bond acceptors (Lipinski definition) is 2. The van der Waals surface area contributed by atoms with Crippen LogP contribution < -0.4 is 5.32 Å². The SMILES string of the molecule is CC(CNc1cc(F)cc(C#N)c1)C1CC1. The third-order valence-corrected chi connectivity index (χ3v) is 3.08. The van der Waals surface area contributed by atoms with Crippen molar-refractivity contribution in [1.29, 1.82) is 5.26 Å². The maximum atomic E-state index is 13.1. The van der Waals surface area contributed by atoms with Gasteiger partial charge in [-0.25, -0.2) is 4.39 Å². The van der Waals surface area contributed by atoms with Crippen molar-refractivity contribution in [3.05, 3.63) is 29.6 Å². The second-order valence-corrected chi connectivity index (χ2v) is 4.54. The Labute approximate surface area is 95.1 Å². The highest BCUT2D eigenvalue weighted by Crippen LogP contribution is 2.36. The lowest BCUT2D eigenvalue weighted by Gasteiger charge is -2.12. The van der Waals surface area contributed by atoms with Gasteiger partial charge in [0.15, 0.2) is 0 Å². The Morgan fingerprint density at radius 2 is 2.25 bits per heavy atom. The van der Waals surface area contributed by atoms with E-state index in [2.05, 4.69) is 12.2 Å². The van der Waals surface area contributed by atoms with E-state index >= 15 is 0 Å². The van der Waals surface area contributed by atoms with Gasteiger partial charge in [0.25, 0.3) is 0 Å². The number of benzene rings is 1. The zero-order valence-corrected chi connectivity index (χ0v) is 9.33. The fourth-order valence-corrected chi connectivity index (χ4v) is 1.87. The third-order valence-electron chi connectivity index (χ3n) is 3.08. The van der Waals surface area contributed by atoms with Crippen molar-refractivity contribution in [3.8, 4) is 6.07 Å². The van der Waals surface area contributed by atoms with Gasteiger partial charge in [0.1, 0.15) is 5.82 Å². The molecule has 1 aliphatic rings. The van der Waals surface area contributed by atoms with E-state index in [4.69, 9.17) is 5.26 Å². The van der Waals surface area contributed by atoms with Crippen LogP contribution in [0.2, 0.25) is 0 Å². The quantitative estimate of drug-likeness (QED) is 0.842. The van der Waals surface area contributed by atoms with Gasteiger partial charge >= 0.3 is 0 Å².